The zero-order valence-electron chi connectivity index (χ0n) is 15.0. The highest BCUT2D eigenvalue weighted by Crippen LogP contribution is 2.23. The van der Waals surface area contributed by atoms with E-state index in [1.807, 2.05) is 48.9 Å². The molecule has 134 valence electrons. The van der Waals surface area contributed by atoms with Crippen molar-refractivity contribution in [2.24, 2.45) is 0 Å². The SMILES string of the molecule is Cc1ccccc1Cn1nc(C)c(NC(=S)Nc2ccccc2Cl)c1C. The Morgan fingerprint density at radius 1 is 1.04 bits per heavy atom. The molecule has 26 heavy (non-hydrogen) atoms. The van der Waals surface area contributed by atoms with Gasteiger partial charge in [-0.15, -0.1) is 0 Å². The van der Waals surface area contributed by atoms with Crippen LogP contribution in [-0.2, 0) is 6.54 Å². The van der Waals surface area contributed by atoms with E-state index in [1.165, 1.54) is 11.1 Å². The largest absolute Gasteiger partial charge is 0.331 e. The average molecular weight is 385 g/mol. The molecule has 0 radical (unpaired) electrons. The molecule has 0 bridgehead atoms. The van der Waals surface area contributed by atoms with E-state index in [9.17, 15) is 0 Å². The van der Waals surface area contributed by atoms with Gasteiger partial charge in [0.1, 0.15) is 0 Å². The summed E-state index contributed by atoms with van der Waals surface area (Å²) in [6.45, 7) is 6.86. The molecule has 0 unspecified atom stereocenters. The van der Waals surface area contributed by atoms with Crippen molar-refractivity contribution < 1.29 is 0 Å². The highest BCUT2D eigenvalue weighted by molar-refractivity contribution is 7.80. The minimum atomic E-state index is 0.486. The van der Waals surface area contributed by atoms with Crippen molar-refractivity contribution in [1.82, 2.24) is 9.78 Å². The number of anilines is 2. The van der Waals surface area contributed by atoms with Crippen LogP contribution < -0.4 is 10.6 Å². The lowest BCUT2D eigenvalue weighted by molar-refractivity contribution is 0.657. The maximum Gasteiger partial charge on any atom is 0.175 e. The monoisotopic (exact) mass is 384 g/mol. The molecule has 0 spiro atoms. The van der Waals surface area contributed by atoms with Gasteiger partial charge in [-0.25, -0.2) is 0 Å². The highest BCUT2D eigenvalue weighted by atomic mass is 35.5. The average Bonchev–Trinajstić information content (AvgIpc) is 2.86. The quantitative estimate of drug-likeness (QED) is 0.597. The first-order chi connectivity index (χ1) is 12.5. The number of hydrogen-bond acceptors (Lipinski definition) is 2. The Kier molecular flexibility index (Phi) is 5.59. The van der Waals surface area contributed by atoms with E-state index in [-0.39, 0.29) is 0 Å². The molecule has 0 amide bonds. The molecule has 0 saturated heterocycles. The standard InChI is InChI=1S/C20H21ClN4S/c1-13-8-4-5-9-16(13)12-25-15(3)19(14(2)24-25)23-20(26)22-18-11-7-6-10-17(18)21/h4-11H,12H2,1-3H3,(H2,22,23,26). The molecular weight excluding hydrogens is 364 g/mol. The van der Waals surface area contributed by atoms with E-state index in [4.69, 9.17) is 23.8 Å². The number of hydrogen-bond donors (Lipinski definition) is 2. The summed E-state index contributed by atoms with van der Waals surface area (Å²) in [5, 5.41) is 12.2. The van der Waals surface area contributed by atoms with Crippen molar-refractivity contribution >= 4 is 40.3 Å². The fraction of sp³-hybridized carbons (Fsp3) is 0.200. The lowest BCUT2D eigenvalue weighted by Crippen LogP contribution is -2.20. The maximum atomic E-state index is 6.18. The predicted octanol–water partition coefficient (Wildman–Crippen LogP) is 5.32. The molecule has 4 nitrogen and oxygen atoms in total. The number of aryl methyl sites for hydroxylation is 2. The predicted molar refractivity (Wildman–Crippen MR) is 113 cm³/mol. The second kappa shape index (κ2) is 7.89. The van der Waals surface area contributed by atoms with Gasteiger partial charge in [0.15, 0.2) is 5.11 Å². The summed E-state index contributed by atoms with van der Waals surface area (Å²) in [7, 11) is 0. The third-order valence-electron chi connectivity index (χ3n) is 4.32. The van der Waals surface area contributed by atoms with Crippen LogP contribution in [0.3, 0.4) is 0 Å². The second-order valence-corrected chi connectivity index (χ2v) is 7.00. The number of rotatable bonds is 4. The van der Waals surface area contributed by atoms with Crippen molar-refractivity contribution in [3.05, 3.63) is 76.1 Å². The number of nitrogens with zero attached hydrogens (tertiary/aromatic N) is 2. The molecule has 3 aromatic rings. The van der Waals surface area contributed by atoms with Gasteiger partial charge in [0.2, 0.25) is 0 Å². The van der Waals surface area contributed by atoms with Crippen molar-refractivity contribution in [3.63, 3.8) is 0 Å². The molecule has 0 saturated carbocycles. The van der Waals surface area contributed by atoms with Gasteiger partial charge in [0.25, 0.3) is 0 Å². The van der Waals surface area contributed by atoms with Crippen molar-refractivity contribution in [1.29, 1.82) is 0 Å². The van der Waals surface area contributed by atoms with Crippen LogP contribution in [0.25, 0.3) is 0 Å². The summed E-state index contributed by atoms with van der Waals surface area (Å²) in [6.07, 6.45) is 0. The molecule has 6 heteroatoms. The normalized spacial score (nSPS) is 10.6. The summed E-state index contributed by atoms with van der Waals surface area (Å²) < 4.78 is 2.00. The van der Waals surface area contributed by atoms with E-state index in [2.05, 4.69) is 40.9 Å². The molecule has 2 N–H and O–H groups in total. The van der Waals surface area contributed by atoms with Crippen LogP contribution in [0.2, 0.25) is 5.02 Å². The number of aromatic nitrogens is 2. The highest BCUT2D eigenvalue weighted by Gasteiger charge is 2.14. The fourth-order valence-electron chi connectivity index (χ4n) is 2.81. The van der Waals surface area contributed by atoms with Gasteiger partial charge >= 0.3 is 0 Å². The minimum absolute atomic E-state index is 0.486. The van der Waals surface area contributed by atoms with Gasteiger partial charge in [-0.1, -0.05) is 48.0 Å². The lowest BCUT2D eigenvalue weighted by atomic mass is 10.1. The molecule has 0 atom stereocenters. The van der Waals surface area contributed by atoms with Crippen molar-refractivity contribution in [3.8, 4) is 0 Å². The van der Waals surface area contributed by atoms with Gasteiger partial charge in [0.05, 0.1) is 34.3 Å². The Morgan fingerprint density at radius 3 is 2.46 bits per heavy atom. The number of benzene rings is 2. The molecular formula is C20H21ClN4S. The number of nitrogens with one attached hydrogen (secondary N) is 2. The summed E-state index contributed by atoms with van der Waals surface area (Å²) in [5.74, 6) is 0. The Balaban J connectivity index is 1.77. The van der Waals surface area contributed by atoms with Crippen LogP contribution in [0.1, 0.15) is 22.5 Å². The first-order valence-corrected chi connectivity index (χ1v) is 9.15. The van der Waals surface area contributed by atoms with Gasteiger partial charge in [0, 0.05) is 0 Å². The fourth-order valence-corrected chi connectivity index (χ4v) is 3.21. The van der Waals surface area contributed by atoms with Crippen LogP contribution in [-0.4, -0.2) is 14.9 Å². The van der Waals surface area contributed by atoms with Gasteiger partial charge in [-0.05, 0) is 56.2 Å². The molecule has 1 aromatic heterocycles. The molecule has 0 aliphatic carbocycles. The second-order valence-electron chi connectivity index (χ2n) is 6.19. The van der Waals surface area contributed by atoms with Crippen molar-refractivity contribution in [2.45, 2.75) is 27.3 Å². The summed E-state index contributed by atoms with van der Waals surface area (Å²) in [6, 6.07) is 15.8. The third kappa shape index (κ3) is 4.06. The van der Waals surface area contributed by atoms with Crippen LogP contribution in [0.15, 0.2) is 48.5 Å². The molecule has 2 aromatic carbocycles. The van der Waals surface area contributed by atoms with Crippen LogP contribution in [0.4, 0.5) is 11.4 Å². The molecule has 0 aliphatic heterocycles. The number of thiocarbonyl (C=S) groups is 1. The summed E-state index contributed by atoms with van der Waals surface area (Å²) in [4.78, 5) is 0. The van der Waals surface area contributed by atoms with Crippen LogP contribution in [0, 0.1) is 20.8 Å². The molecule has 0 fully saturated rings. The van der Waals surface area contributed by atoms with E-state index in [0.717, 1.165) is 29.3 Å². The van der Waals surface area contributed by atoms with E-state index < -0.39 is 0 Å². The van der Waals surface area contributed by atoms with Crippen molar-refractivity contribution in [2.75, 3.05) is 10.6 Å². The Morgan fingerprint density at radius 2 is 1.73 bits per heavy atom. The summed E-state index contributed by atoms with van der Waals surface area (Å²) in [5.41, 5.74) is 6.14. The first-order valence-electron chi connectivity index (χ1n) is 8.36. The van der Waals surface area contributed by atoms with Gasteiger partial charge in [-0.3, -0.25) is 4.68 Å². The zero-order valence-corrected chi connectivity index (χ0v) is 16.6. The topological polar surface area (TPSA) is 41.9 Å². The maximum absolute atomic E-state index is 6.18. The van der Waals surface area contributed by atoms with E-state index in [0.29, 0.717) is 10.1 Å². The first kappa shape index (κ1) is 18.4. The number of halogens is 1. The Labute approximate surface area is 164 Å². The van der Waals surface area contributed by atoms with E-state index >= 15 is 0 Å². The van der Waals surface area contributed by atoms with Gasteiger partial charge < -0.3 is 10.6 Å². The van der Waals surface area contributed by atoms with Gasteiger partial charge in [-0.2, -0.15) is 5.10 Å². The summed E-state index contributed by atoms with van der Waals surface area (Å²) >= 11 is 11.6. The lowest BCUT2D eigenvalue weighted by Gasteiger charge is -2.12. The molecule has 1 heterocycles. The van der Waals surface area contributed by atoms with E-state index in [1.54, 1.807) is 0 Å². The van der Waals surface area contributed by atoms with Crippen LogP contribution >= 0.6 is 23.8 Å². The Hall–Kier alpha value is -2.37. The zero-order chi connectivity index (χ0) is 18.7. The number of para-hydroxylation sites is 1. The smallest absolute Gasteiger partial charge is 0.175 e. The van der Waals surface area contributed by atoms with Crippen LogP contribution in [0.5, 0.6) is 0 Å². The minimum Gasteiger partial charge on any atom is -0.331 e. The molecule has 0 aliphatic rings. The molecule has 3 rings (SSSR count). The Bertz CT molecular complexity index is 949. The third-order valence-corrected chi connectivity index (χ3v) is 4.86.